The third-order valence-electron chi connectivity index (χ3n) is 3.05. The van der Waals surface area contributed by atoms with E-state index in [4.69, 9.17) is 0 Å². The number of hydrogen-bond donors (Lipinski definition) is 2. The summed E-state index contributed by atoms with van der Waals surface area (Å²) in [6, 6.07) is 7.31. The van der Waals surface area contributed by atoms with Crippen LogP contribution in [0.2, 0.25) is 0 Å². The molecule has 2 amide bonds. The van der Waals surface area contributed by atoms with E-state index in [9.17, 15) is 22.8 Å². The number of amides is 2. The van der Waals surface area contributed by atoms with Gasteiger partial charge in [-0.2, -0.15) is 0 Å². The lowest BCUT2D eigenvalue weighted by molar-refractivity contribution is -0.116. The van der Waals surface area contributed by atoms with E-state index in [1.807, 2.05) is 0 Å². The zero-order valence-corrected chi connectivity index (χ0v) is 14.1. The van der Waals surface area contributed by atoms with Crippen molar-refractivity contribution in [2.75, 3.05) is 16.4 Å². The highest BCUT2D eigenvalue weighted by Crippen LogP contribution is 2.22. The zero-order valence-electron chi connectivity index (χ0n) is 13.2. The maximum atomic E-state index is 13.7. The van der Waals surface area contributed by atoms with Gasteiger partial charge in [-0.3, -0.25) is 9.59 Å². The molecule has 2 N–H and O–H groups in total. The molecule has 0 spiro atoms. The van der Waals surface area contributed by atoms with Crippen molar-refractivity contribution < 1.29 is 22.8 Å². The fourth-order valence-electron chi connectivity index (χ4n) is 1.94. The number of thioether (sulfide) groups is 1. The second-order valence-electron chi connectivity index (χ2n) is 5.10. The highest BCUT2D eigenvalue weighted by Gasteiger charge is 2.10. The molecule has 0 saturated carbocycles. The van der Waals surface area contributed by atoms with Gasteiger partial charge in [0.2, 0.25) is 11.8 Å². The monoisotopic (exact) mass is 368 g/mol. The quantitative estimate of drug-likeness (QED) is 0.752. The average molecular weight is 368 g/mol. The summed E-state index contributed by atoms with van der Waals surface area (Å²) in [5, 5.41) is 4.91. The third-order valence-corrected chi connectivity index (χ3v) is 4.05. The van der Waals surface area contributed by atoms with Gasteiger partial charge < -0.3 is 10.6 Å². The van der Waals surface area contributed by atoms with Crippen molar-refractivity contribution >= 4 is 35.0 Å². The van der Waals surface area contributed by atoms with Crippen LogP contribution in [0.3, 0.4) is 0 Å². The minimum Gasteiger partial charge on any atom is -0.326 e. The van der Waals surface area contributed by atoms with Crippen LogP contribution in [0.1, 0.15) is 13.3 Å². The molecule has 0 aliphatic heterocycles. The van der Waals surface area contributed by atoms with Gasteiger partial charge in [0.15, 0.2) is 11.6 Å². The lowest BCUT2D eigenvalue weighted by Crippen LogP contribution is -2.14. The molecular formula is C17H15F3N2O2S. The summed E-state index contributed by atoms with van der Waals surface area (Å²) in [5.74, 6) is -2.95. The Balaban J connectivity index is 1.89. The third kappa shape index (κ3) is 5.82. The van der Waals surface area contributed by atoms with Crippen LogP contribution in [0.4, 0.5) is 24.5 Å². The summed E-state index contributed by atoms with van der Waals surface area (Å²) >= 11 is 1.18. The second kappa shape index (κ2) is 8.57. The van der Waals surface area contributed by atoms with Gasteiger partial charge in [-0.25, -0.2) is 13.2 Å². The lowest BCUT2D eigenvalue weighted by atomic mass is 10.2. The summed E-state index contributed by atoms with van der Waals surface area (Å²) in [6.45, 7) is 1.32. The molecule has 8 heteroatoms. The van der Waals surface area contributed by atoms with Gasteiger partial charge in [0.05, 0.1) is 5.69 Å². The van der Waals surface area contributed by atoms with Crippen LogP contribution in [-0.4, -0.2) is 17.6 Å². The van der Waals surface area contributed by atoms with Crippen molar-refractivity contribution in [1.29, 1.82) is 0 Å². The van der Waals surface area contributed by atoms with E-state index in [0.717, 1.165) is 18.2 Å². The molecule has 25 heavy (non-hydrogen) atoms. The Hall–Kier alpha value is -2.48. The number of nitrogens with one attached hydrogen (secondary N) is 2. The highest BCUT2D eigenvalue weighted by atomic mass is 32.2. The van der Waals surface area contributed by atoms with Gasteiger partial charge in [-0.05, 0) is 36.4 Å². The van der Waals surface area contributed by atoms with E-state index in [-0.39, 0.29) is 18.0 Å². The summed E-state index contributed by atoms with van der Waals surface area (Å²) in [5.41, 5.74) is 0.314. The number of halogens is 3. The van der Waals surface area contributed by atoms with Gasteiger partial charge in [-0.1, -0.05) is 0 Å². The standard InChI is InChI=1S/C17H15F3N2O2S/c1-10(23)21-11-2-4-14(19)16(8-11)22-17(24)6-7-25-12-3-5-13(18)15(20)9-12/h2-5,8-9H,6-7H2,1H3,(H,21,23)(H,22,24). The van der Waals surface area contributed by atoms with Crippen LogP contribution in [0.25, 0.3) is 0 Å². The Morgan fingerprint density at radius 3 is 2.36 bits per heavy atom. The van der Waals surface area contributed by atoms with Crippen LogP contribution in [0, 0.1) is 17.5 Å². The molecule has 0 aliphatic carbocycles. The summed E-state index contributed by atoms with van der Waals surface area (Å²) in [7, 11) is 0. The molecular weight excluding hydrogens is 353 g/mol. The van der Waals surface area contributed by atoms with Gasteiger partial charge in [0.1, 0.15) is 5.82 Å². The van der Waals surface area contributed by atoms with Crippen molar-refractivity contribution in [2.45, 2.75) is 18.2 Å². The van der Waals surface area contributed by atoms with Crippen molar-refractivity contribution in [3.8, 4) is 0 Å². The zero-order chi connectivity index (χ0) is 18.4. The first kappa shape index (κ1) is 18.9. The molecule has 132 valence electrons. The minimum atomic E-state index is -0.952. The summed E-state index contributed by atoms with van der Waals surface area (Å²) < 4.78 is 39.6. The van der Waals surface area contributed by atoms with Gasteiger partial charge in [-0.15, -0.1) is 11.8 Å². The Morgan fingerprint density at radius 2 is 1.68 bits per heavy atom. The molecule has 0 aliphatic rings. The Labute approximate surface area is 146 Å². The molecule has 0 bridgehead atoms. The lowest BCUT2D eigenvalue weighted by Gasteiger charge is -2.09. The molecule has 0 aromatic heterocycles. The predicted octanol–water partition coefficient (Wildman–Crippen LogP) is 4.18. The Kier molecular flexibility index (Phi) is 6.46. The van der Waals surface area contributed by atoms with E-state index in [0.29, 0.717) is 16.3 Å². The maximum Gasteiger partial charge on any atom is 0.225 e. The number of rotatable bonds is 6. The summed E-state index contributed by atoms with van der Waals surface area (Å²) in [4.78, 5) is 23.4. The highest BCUT2D eigenvalue weighted by molar-refractivity contribution is 7.99. The SMILES string of the molecule is CC(=O)Nc1ccc(F)c(NC(=O)CCSc2ccc(F)c(F)c2)c1. The number of carbonyl (C=O) groups excluding carboxylic acids is 2. The number of anilines is 2. The Bertz CT molecular complexity index is 799. The first-order valence-corrected chi connectivity index (χ1v) is 8.28. The largest absolute Gasteiger partial charge is 0.326 e. The smallest absolute Gasteiger partial charge is 0.225 e. The van der Waals surface area contributed by atoms with E-state index >= 15 is 0 Å². The van der Waals surface area contributed by atoms with E-state index in [1.54, 1.807) is 0 Å². The number of benzene rings is 2. The molecule has 2 aromatic carbocycles. The fourth-order valence-corrected chi connectivity index (χ4v) is 2.82. The van der Waals surface area contributed by atoms with Gasteiger partial charge in [0.25, 0.3) is 0 Å². The topological polar surface area (TPSA) is 58.2 Å². The van der Waals surface area contributed by atoms with Crippen molar-refractivity contribution in [3.63, 3.8) is 0 Å². The first-order chi connectivity index (χ1) is 11.8. The van der Waals surface area contributed by atoms with Crippen LogP contribution >= 0.6 is 11.8 Å². The van der Waals surface area contributed by atoms with E-state index < -0.39 is 23.4 Å². The van der Waals surface area contributed by atoms with Crippen molar-refractivity contribution in [2.24, 2.45) is 0 Å². The molecule has 0 saturated heterocycles. The number of carbonyl (C=O) groups is 2. The average Bonchev–Trinajstić information content (AvgIpc) is 2.53. The van der Waals surface area contributed by atoms with Crippen LogP contribution in [0.15, 0.2) is 41.3 Å². The van der Waals surface area contributed by atoms with Crippen LogP contribution < -0.4 is 10.6 Å². The van der Waals surface area contributed by atoms with Gasteiger partial charge in [0, 0.05) is 29.7 Å². The predicted molar refractivity (Wildman–Crippen MR) is 91.0 cm³/mol. The van der Waals surface area contributed by atoms with E-state index in [1.165, 1.54) is 36.9 Å². The van der Waals surface area contributed by atoms with Crippen LogP contribution in [0.5, 0.6) is 0 Å². The molecule has 0 radical (unpaired) electrons. The molecule has 2 aromatic rings. The van der Waals surface area contributed by atoms with Crippen molar-refractivity contribution in [1.82, 2.24) is 0 Å². The first-order valence-electron chi connectivity index (χ1n) is 7.30. The molecule has 0 heterocycles. The van der Waals surface area contributed by atoms with Crippen molar-refractivity contribution in [3.05, 3.63) is 53.8 Å². The van der Waals surface area contributed by atoms with Crippen LogP contribution in [-0.2, 0) is 9.59 Å². The molecule has 0 fully saturated rings. The Morgan fingerprint density at radius 1 is 0.960 bits per heavy atom. The molecule has 2 rings (SSSR count). The van der Waals surface area contributed by atoms with Gasteiger partial charge >= 0.3 is 0 Å². The normalized spacial score (nSPS) is 10.4. The fraction of sp³-hybridized carbons (Fsp3) is 0.176. The minimum absolute atomic E-state index is 0.0472. The molecule has 4 nitrogen and oxygen atoms in total. The summed E-state index contributed by atoms with van der Waals surface area (Å²) in [6.07, 6.45) is 0.0491. The molecule has 0 atom stereocenters. The molecule has 0 unspecified atom stereocenters. The second-order valence-corrected chi connectivity index (χ2v) is 6.27. The van der Waals surface area contributed by atoms with E-state index in [2.05, 4.69) is 10.6 Å². The maximum absolute atomic E-state index is 13.7. The number of hydrogen-bond acceptors (Lipinski definition) is 3.